The number of anilines is 1. The van der Waals surface area contributed by atoms with Crippen LogP contribution in [0.1, 0.15) is 29.6 Å². The van der Waals surface area contributed by atoms with Gasteiger partial charge in [0.25, 0.3) is 0 Å². The van der Waals surface area contributed by atoms with Gasteiger partial charge in [0.15, 0.2) is 0 Å². The van der Waals surface area contributed by atoms with Gasteiger partial charge in [0, 0.05) is 11.7 Å². The summed E-state index contributed by atoms with van der Waals surface area (Å²) in [5, 5.41) is 12.3. The van der Waals surface area contributed by atoms with Crippen LogP contribution in [-0.2, 0) is 4.79 Å². The second-order valence-corrected chi connectivity index (χ2v) is 5.15. The Bertz CT molecular complexity index is 515. The molecule has 4 N–H and O–H groups in total. The van der Waals surface area contributed by atoms with E-state index in [4.69, 9.17) is 22.4 Å². The van der Waals surface area contributed by atoms with Gasteiger partial charge in [0.1, 0.15) is 0 Å². The fraction of sp³-hybridized carbons (Fsp3) is 0.385. The van der Waals surface area contributed by atoms with Gasteiger partial charge in [0.2, 0.25) is 5.91 Å². The quantitative estimate of drug-likeness (QED) is 0.745. The lowest BCUT2D eigenvalue weighted by molar-refractivity contribution is -0.137. The van der Waals surface area contributed by atoms with Gasteiger partial charge in [-0.2, -0.15) is 0 Å². The van der Waals surface area contributed by atoms with Crippen molar-refractivity contribution < 1.29 is 14.7 Å². The Morgan fingerprint density at radius 3 is 2.63 bits per heavy atom. The van der Waals surface area contributed by atoms with Gasteiger partial charge in [-0.25, -0.2) is 0 Å². The highest BCUT2D eigenvalue weighted by molar-refractivity contribution is 6.34. The van der Waals surface area contributed by atoms with Gasteiger partial charge in [-0.05, 0) is 37.0 Å². The lowest BCUT2D eigenvalue weighted by Gasteiger charge is -2.18. The highest BCUT2D eigenvalue weighted by Crippen LogP contribution is 2.36. The number of aliphatic carboxylic acids is 1. The van der Waals surface area contributed by atoms with E-state index in [9.17, 15) is 9.59 Å². The first-order valence-electron chi connectivity index (χ1n) is 6.05. The average Bonchev–Trinajstić information content (AvgIpc) is 3.10. The summed E-state index contributed by atoms with van der Waals surface area (Å²) in [5.41, 5.74) is 6.13. The summed E-state index contributed by atoms with van der Waals surface area (Å²) in [5.74, 6) is -1.02. The van der Waals surface area contributed by atoms with Crippen LogP contribution >= 0.6 is 11.6 Å². The molecule has 0 saturated heterocycles. The first kappa shape index (κ1) is 13.7. The van der Waals surface area contributed by atoms with E-state index in [-0.39, 0.29) is 23.0 Å². The van der Waals surface area contributed by atoms with Gasteiger partial charge >= 0.3 is 5.97 Å². The number of hydrogen-bond acceptors (Lipinski definition) is 3. The Kier molecular flexibility index (Phi) is 3.95. The molecule has 0 spiro atoms. The van der Waals surface area contributed by atoms with E-state index < -0.39 is 11.9 Å². The number of benzene rings is 1. The fourth-order valence-electron chi connectivity index (χ4n) is 2.04. The van der Waals surface area contributed by atoms with Crippen LogP contribution in [0.5, 0.6) is 0 Å². The zero-order valence-corrected chi connectivity index (χ0v) is 11.0. The summed E-state index contributed by atoms with van der Waals surface area (Å²) in [4.78, 5) is 21.9. The topological polar surface area (TPSA) is 92.4 Å². The Hall–Kier alpha value is -1.75. The first-order valence-corrected chi connectivity index (χ1v) is 6.43. The second kappa shape index (κ2) is 5.48. The van der Waals surface area contributed by atoms with E-state index in [2.05, 4.69) is 5.32 Å². The number of nitrogens with one attached hydrogen (secondary N) is 1. The van der Waals surface area contributed by atoms with Crippen molar-refractivity contribution in [3.05, 3.63) is 28.8 Å². The highest BCUT2D eigenvalue weighted by atomic mass is 35.5. The van der Waals surface area contributed by atoms with E-state index in [1.54, 1.807) is 12.1 Å². The summed E-state index contributed by atoms with van der Waals surface area (Å²) < 4.78 is 0. The number of halogens is 1. The van der Waals surface area contributed by atoms with Crippen LogP contribution in [0.3, 0.4) is 0 Å². The molecule has 0 aliphatic heterocycles. The number of carbonyl (C=O) groups is 2. The molecule has 0 radical (unpaired) electrons. The van der Waals surface area contributed by atoms with Crippen LogP contribution in [0, 0.1) is 5.92 Å². The molecule has 1 aromatic carbocycles. The standard InChI is InChI=1S/C13H15ClN2O3/c14-10-5-8(3-4-9(10)13(15)19)16-11(6-12(17)18)7-1-2-7/h3-5,7,11,16H,1-2,6H2,(H2,15,19)(H,17,18). The Labute approximate surface area is 115 Å². The smallest absolute Gasteiger partial charge is 0.305 e. The van der Waals surface area contributed by atoms with Crippen LogP contribution in [0.2, 0.25) is 5.02 Å². The van der Waals surface area contributed by atoms with Gasteiger partial charge in [-0.1, -0.05) is 11.6 Å². The normalized spacial score (nSPS) is 15.8. The number of amides is 1. The number of primary amides is 1. The number of carboxylic acids is 1. The lowest BCUT2D eigenvalue weighted by Crippen LogP contribution is -2.25. The summed E-state index contributed by atoms with van der Waals surface area (Å²) >= 11 is 5.95. The van der Waals surface area contributed by atoms with Crippen molar-refractivity contribution in [2.24, 2.45) is 11.7 Å². The van der Waals surface area contributed by atoms with Gasteiger partial charge < -0.3 is 16.2 Å². The van der Waals surface area contributed by atoms with Crippen LogP contribution in [0.15, 0.2) is 18.2 Å². The zero-order valence-electron chi connectivity index (χ0n) is 10.2. The van der Waals surface area contributed by atoms with Gasteiger partial charge in [0.05, 0.1) is 17.0 Å². The molecule has 5 nitrogen and oxygen atoms in total. The molecule has 0 bridgehead atoms. The van der Waals surface area contributed by atoms with E-state index in [1.807, 2.05) is 0 Å². The Morgan fingerprint density at radius 2 is 2.16 bits per heavy atom. The van der Waals surface area contributed by atoms with Crippen molar-refractivity contribution >= 4 is 29.2 Å². The second-order valence-electron chi connectivity index (χ2n) is 4.74. The minimum atomic E-state index is -0.829. The van der Waals surface area contributed by atoms with E-state index in [0.717, 1.165) is 12.8 Å². The average molecular weight is 283 g/mol. The molecule has 102 valence electrons. The maximum absolute atomic E-state index is 11.1. The monoisotopic (exact) mass is 282 g/mol. The number of hydrogen-bond donors (Lipinski definition) is 3. The summed E-state index contributed by atoms with van der Waals surface area (Å²) in [6.45, 7) is 0. The molecule has 6 heteroatoms. The van der Waals surface area contributed by atoms with Crippen molar-refractivity contribution in [1.82, 2.24) is 0 Å². The molecule has 19 heavy (non-hydrogen) atoms. The molecule has 1 saturated carbocycles. The van der Waals surface area contributed by atoms with E-state index >= 15 is 0 Å². The molecule has 1 fully saturated rings. The summed E-state index contributed by atoms with van der Waals surface area (Å²) in [6, 6.07) is 4.72. The maximum atomic E-state index is 11.1. The minimum absolute atomic E-state index is 0.0693. The third-order valence-electron chi connectivity index (χ3n) is 3.17. The highest BCUT2D eigenvalue weighted by Gasteiger charge is 2.32. The maximum Gasteiger partial charge on any atom is 0.305 e. The molecule has 1 amide bonds. The van der Waals surface area contributed by atoms with Crippen molar-refractivity contribution in [3.8, 4) is 0 Å². The molecule has 1 aromatic rings. The van der Waals surface area contributed by atoms with Crippen LogP contribution < -0.4 is 11.1 Å². The third kappa shape index (κ3) is 3.61. The first-order chi connectivity index (χ1) is 8.97. The largest absolute Gasteiger partial charge is 0.481 e. The van der Waals surface area contributed by atoms with Crippen LogP contribution in [-0.4, -0.2) is 23.0 Å². The number of carboxylic acid groups (broad SMARTS) is 1. The Morgan fingerprint density at radius 1 is 1.47 bits per heavy atom. The van der Waals surface area contributed by atoms with Crippen LogP contribution in [0.25, 0.3) is 0 Å². The number of nitrogens with two attached hydrogens (primary N) is 1. The van der Waals surface area contributed by atoms with E-state index in [0.29, 0.717) is 11.6 Å². The van der Waals surface area contributed by atoms with Crippen molar-refractivity contribution in [1.29, 1.82) is 0 Å². The molecular formula is C13H15ClN2O3. The Balaban J connectivity index is 2.11. The van der Waals surface area contributed by atoms with Crippen molar-refractivity contribution in [2.45, 2.75) is 25.3 Å². The number of rotatable bonds is 6. The predicted octanol–water partition coefficient (Wildman–Crippen LogP) is 2.10. The molecule has 2 rings (SSSR count). The SMILES string of the molecule is NC(=O)c1ccc(NC(CC(=O)O)C2CC2)cc1Cl. The predicted molar refractivity (Wildman–Crippen MR) is 72.4 cm³/mol. The third-order valence-corrected chi connectivity index (χ3v) is 3.48. The minimum Gasteiger partial charge on any atom is -0.481 e. The molecular weight excluding hydrogens is 268 g/mol. The lowest BCUT2D eigenvalue weighted by atomic mass is 10.1. The van der Waals surface area contributed by atoms with Crippen LogP contribution in [0.4, 0.5) is 5.69 Å². The molecule has 1 aliphatic rings. The zero-order chi connectivity index (χ0) is 14.0. The van der Waals surface area contributed by atoms with Crippen molar-refractivity contribution in [3.63, 3.8) is 0 Å². The number of carbonyl (C=O) groups excluding carboxylic acids is 1. The van der Waals surface area contributed by atoms with Gasteiger partial charge in [-0.15, -0.1) is 0 Å². The molecule has 1 unspecified atom stereocenters. The molecule has 0 heterocycles. The molecule has 0 aromatic heterocycles. The van der Waals surface area contributed by atoms with E-state index in [1.165, 1.54) is 6.07 Å². The molecule has 1 aliphatic carbocycles. The fourth-order valence-corrected chi connectivity index (χ4v) is 2.31. The molecule has 1 atom stereocenters. The van der Waals surface area contributed by atoms with Gasteiger partial charge in [-0.3, -0.25) is 9.59 Å². The summed E-state index contributed by atoms with van der Waals surface area (Å²) in [7, 11) is 0. The summed E-state index contributed by atoms with van der Waals surface area (Å²) in [6.07, 6.45) is 2.15. The van der Waals surface area contributed by atoms with Crippen molar-refractivity contribution in [2.75, 3.05) is 5.32 Å².